The average molecular weight is 460 g/mol. The predicted octanol–water partition coefficient (Wildman–Crippen LogP) is 3.84. The van der Waals surface area contributed by atoms with E-state index in [1.54, 1.807) is 0 Å². The number of sulfonamides is 2. The predicted molar refractivity (Wildman–Crippen MR) is 101 cm³/mol. The topological polar surface area (TPSA) is 92.3 Å². The Morgan fingerprint density at radius 3 is 1.60 bits per heavy atom. The van der Waals surface area contributed by atoms with Gasteiger partial charge in [-0.05, 0) is 60.7 Å². The smallest absolute Gasteiger partial charge is 0.264 e. The zero-order valence-electron chi connectivity index (χ0n) is 14.7. The van der Waals surface area contributed by atoms with E-state index in [0.717, 1.165) is 36.4 Å². The van der Waals surface area contributed by atoms with Crippen LogP contribution in [0.5, 0.6) is 0 Å². The lowest BCUT2D eigenvalue weighted by atomic mass is 10.3. The van der Waals surface area contributed by atoms with Gasteiger partial charge in [0.25, 0.3) is 20.0 Å². The van der Waals surface area contributed by atoms with Gasteiger partial charge in [-0.2, -0.15) is 0 Å². The van der Waals surface area contributed by atoms with Gasteiger partial charge in [0.1, 0.15) is 10.7 Å². The summed E-state index contributed by atoms with van der Waals surface area (Å²) >= 11 is 0. The molecule has 0 radical (unpaired) electrons. The number of hydrogen-bond acceptors (Lipinski definition) is 4. The maximum absolute atomic E-state index is 13.8. The molecule has 0 aliphatic carbocycles. The quantitative estimate of drug-likeness (QED) is 0.432. The average Bonchev–Trinajstić information content (AvgIpc) is 2.67. The van der Waals surface area contributed by atoms with E-state index in [1.807, 2.05) is 4.72 Å². The molecule has 0 heterocycles. The summed E-state index contributed by atoms with van der Waals surface area (Å²) in [6.07, 6.45) is 0. The number of hydrogen-bond donors (Lipinski definition) is 2. The fourth-order valence-electron chi connectivity index (χ4n) is 2.36. The summed E-state index contributed by atoms with van der Waals surface area (Å²) < 4.78 is 106. The minimum atomic E-state index is -4.58. The second kappa shape index (κ2) is 7.95. The molecule has 0 aromatic heterocycles. The molecule has 0 saturated heterocycles. The first-order chi connectivity index (χ1) is 14.0. The van der Waals surface area contributed by atoms with Crippen molar-refractivity contribution in [3.63, 3.8) is 0 Å². The summed E-state index contributed by atoms with van der Waals surface area (Å²) in [4.78, 5) is -1.29. The molecule has 30 heavy (non-hydrogen) atoms. The normalized spacial score (nSPS) is 11.9. The molecule has 0 amide bonds. The van der Waals surface area contributed by atoms with Crippen molar-refractivity contribution >= 4 is 31.4 Å². The number of benzene rings is 3. The maximum Gasteiger partial charge on any atom is 0.264 e. The summed E-state index contributed by atoms with van der Waals surface area (Å²) in [5.41, 5.74) is -0.0369. The highest BCUT2D eigenvalue weighted by Gasteiger charge is 2.24. The zero-order valence-corrected chi connectivity index (χ0v) is 16.4. The third kappa shape index (κ3) is 4.54. The molecule has 3 rings (SSSR count). The minimum Gasteiger partial charge on any atom is -0.280 e. The Labute approximate surface area is 169 Å². The Morgan fingerprint density at radius 1 is 0.567 bits per heavy atom. The Bertz CT molecular complexity index is 1300. The van der Waals surface area contributed by atoms with Crippen LogP contribution in [-0.2, 0) is 20.0 Å². The lowest BCUT2D eigenvalue weighted by Crippen LogP contribution is -2.16. The van der Waals surface area contributed by atoms with E-state index < -0.39 is 48.2 Å². The van der Waals surface area contributed by atoms with E-state index in [-0.39, 0.29) is 16.3 Å². The van der Waals surface area contributed by atoms with Crippen LogP contribution in [-0.4, -0.2) is 16.8 Å². The van der Waals surface area contributed by atoms with Crippen molar-refractivity contribution in [2.24, 2.45) is 0 Å². The standard InChI is InChI=1S/C18H12F4N2O4S2/c19-11-1-7-14(8-2-11)29(25,26)23-12-3-5-13(6-4-12)24-30(27,28)16-10-9-15(20)17(21)18(16)22/h1-10,23-24H. The molecule has 0 aliphatic rings. The molecule has 0 aliphatic heterocycles. The van der Waals surface area contributed by atoms with Crippen molar-refractivity contribution in [2.75, 3.05) is 9.44 Å². The van der Waals surface area contributed by atoms with E-state index in [4.69, 9.17) is 0 Å². The molecule has 0 unspecified atom stereocenters. The van der Waals surface area contributed by atoms with E-state index >= 15 is 0 Å². The molecule has 2 N–H and O–H groups in total. The fraction of sp³-hybridized carbons (Fsp3) is 0. The zero-order chi connectivity index (χ0) is 22.1. The van der Waals surface area contributed by atoms with Crippen LogP contribution in [0.2, 0.25) is 0 Å². The van der Waals surface area contributed by atoms with E-state index in [2.05, 4.69) is 4.72 Å². The van der Waals surface area contributed by atoms with Crippen molar-refractivity contribution in [1.82, 2.24) is 0 Å². The molecule has 0 bridgehead atoms. The summed E-state index contributed by atoms with van der Waals surface area (Å²) in [6.45, 7) is 0. The van der Waals surface area contributed by atoms with Crippen LogP contribution in [0, 0.1) is 23.3 Å². The van der Waals surface area contributed by atoms with E-state index in [1.165, 1.54) is 12.1 Å². The highest BCUT2D eigenvalue weighted by molar-refractivity contribution is 7.93. The molecule has 0 atom stereocenters. The summed E-state index contributed by atoms with van der Waals surface area (Å²) in [7, 11) is -8.60. The van der Waals surface area contributed by atoms with Gasteiger partial charge >= 0.3 is 0 Å². The molecule has 3 aromatic carbocycles. The van der Waals surface area contributed by atoms with Gasteiger partial charge in [0, 0.05) is 11.4 Å². The highest BCUT2D eigenvalue weighted by atomic mass is 32.2. The Kier molecular flexibility index (Phi) is 5.72. The van der Waals surface area contributed by atoms with Crippen LogP contribution in [0.15, 0.2) is 70.5 Å². The maximum atomic E-state index is 13.8. The van der Waals surface area contributed by atoms with Crippen molar-refractivity contribution in [3.8, 4) is 0 Å². The lowest BCUT2D eigenvalue weighted by Gasteiger charge is -2.11. The molecule has 0 fully saturated rings. The van der Waals surface area contributed by atoms with Gasteiger partial charge in [-0.15, -0.1) is 0 Å². The molecule has 3 aromatic rings. The van der Waals surface area contributed by atoms with Gasteiger partial charge in [-0.25, -0.2) is 34.4 Å². The first-order valence-corrected chi connectivity index (χ1v) is 11.0. The van der Waals surface area contributed by atoms with E-state index in [0.29, 0.717) is 12.1 Å². The van der Waals surface area contributed by atoms with Gasteiger partial charge in [-0.1, -0.05) is 0 Å². The minimum absolute atomic E-state index is 0.0567. The van der Waals surface area contributed by atoms with Crippen molar-refractivity contribution < 1.29 is 34.4 Å². The van der Waals surface area contributed by atoms with Crippen LogP contribution in [0.1, 0.15) is 0 Å². The highest BCUT2D eigenvalue weighted by Crippen LogP contribution is 2.24. The van der Waals surface area contributed by atoms with Gasteiger partial charge in [0.05, 0.1) is 4.90 Å². The molecule has 6 nitrogen and oxygen atoms in total. The van der Waals surface area contributed by atoms with Crippen molar-refractivity contribution in [3.05, 3.63) is 83.9 Å². The Morgan fingerprint density at radius 2 is 1.07 bits per heavy atom. The van der Waals surface area contributed by atoms with Crippen LogP contribution in [0.25, 0.3) is 0 Å². The van der Waals surface area contributed by atoms with Crippen LogP contribution >= 0.6 is 0 Å². The monoisotopic (exact) mass is 460 g/mol. The molecular formula is C18H12F4N2O4S2. The second-order valence-corrected chi connectivity index (χ2v) is 9.25. The first-order valence-electron chi connectivity index (χ1n) is 8.04. The lowest BCUT2D eigenvalue weighted by molar-refractivity contribution is 0.432. The molecule has 12 heteroatoms. The Hall–Kier alpha value is -3.12. The van der Waals surface area contributed by atoms with Gasteiger partial charge in [-0.3, -0.25) is 9.44 Å². The SMILES string of the molecule is O=S(=O)(Nc1ccc(NS(=O)(=O)c2ccc(F)c(F)c2F)cc1)c1ccc(F)cc1. The van der Waals surface area contributed by atoms with Crippen LogP contribution in [0.4, 0.5) is 28.9 Å². The first kappa shape index (κ1) is 21.6. The summed E-state index contributed by atoms with van der Waals surface area (Å²) in [6, 6.07) is 9.87. The number of rotatable bonds is 6. The fourth-order valence-corrected chi connectivity index (χ4v) is 4.55. The number of halogens is 4. The van der Waals surface area contributed by atoms with Crippen LogP contribution in [0.3, 0.4) is 0 Å². The Balaban J connectivity index is 1.79. The molecule has 0 saturated carbocycles. The second-order valence-electron chi connectivity index (χ2n) is 5.92. The number of nitrogens with one attached hydrogen (secondary N) is 2. The summed E-state index contributed by atoms with van der Waals surface area (Å²) in [5, 5.41) is 0. The largest absolute Gasteiger partial charge is 0.280 e. The van der Waals surface area contributed by atoms with Crippen molar-refractivity contribution in [2.45, 2.75) is 9.79 Å². The molecule has 158 valence electrons. The van der Waals surface area contributed by atoms with Crippen LogP contribution < -0.4 is 9.44 Å². The van der Waals surface area contributed by atoms with Crippen molar-refractivity contribution in [1.29, 1.82) is 0 Å². The summed E-state index contributed by atoms with van der Waals surface area (Å²) in [5.74, 6) is -5.94. The molecule has 0 spiro atoms. The van der Waals surface area contributed by atoms with E-state index in [9.17, 15) is 34.4 Å². The van der Waals surface area contributed by atoms with Gasteiger partial charge in [0.2, 0.25) is 0 Å². The molecular weight excluding hydrogens is 448 g/mol. The van der Waals surface area contributed by atoms with Gasteiger partial charge < -0.3 is 0 Å². The number of anilines is 2. The third-order valence-electron chi connectivity index (χ3n) is 3.80. The third-order valence-corrected chi connectivity index (χ3v) is 6.60. The van der Waals surface area contributed by atoms with Gasteiger partial charge in [0.15, 0.2) is 17.5 Å².